The molecule has 4 N–H and O–H groups in total. The molecule has 8 nitrogen and oxygen atoms in total. The predicted octanol–water partition coefficient (Wildman–Crippen LogP) is 0.518. The molecule has 1 atom stereocenters. The Morgan fingerprint density at radius 3 is 2.21 bits per heavy atom. The van der Waals surface area contributed by atoms with Crippen molar-refractivity contribution in [3.63, 3.8) is 0 Å². The first-order valence-electron chi connectivity index (χ1n) is 5.97. The molecular weight excluding hydrogens is 275 g/mol. The minimum Gasteiger partial charge on any atom is -0.480 e. The third kappa shape index (κ3) is 7.94. The molecule has 0 rings (SSSR count). The van der Waals surface area contributed by atoms with E-state index in [-0.39, 0.29) is 32.3 Å². The van der Waals surface area contributed by atoms with Crippen LogP contribution in [0.3, 0.4) is 0 Å². The summed E-state index contributed by atoms with van der Waals surface area (Å²) < 4.78 is 22.1. The highest BCUT2D eigenvalue weighted by atomic mass is 31.2. The lowest BCUT2D eigenvalue weighted by molar-refractivity contribution is -0.139. The largest absolute Gasteiger partial charge is 0.480 e. The van der Waals surface area contributed by atoms with Crippen molar-refractivity contribution in [1.82, 2.24) is 5.32 Å². The summed E-state index contributed by atoms with van der Waals surface area (Å²) >= 11 is 0. The Bertz CT molecular complexity index is 339. The van der Waals surface area contributed by atoms with Crippen LogP contribution in [-0.2, 0) is 23.2 Å². The Morgan fingerprint density at radius 1 is 1.32 bits per heavy atom. The minimum absolute atomic E-state index is 0.0168. The van der Waals surface area contributed by atoms with Crippen molar-refractivity contribution in [3.05, 3.63) is 0 Å². The number of carbonyl (C=O) groups is 2. The Labute approximate surface area is 112 Å². The lowest BCUT2D eigenvalue weighted by Crippen LogP contribution is -2.38. The van der Waals surface area contributed by atoms with Crippen LogP contribution in [-0.4, -0.2) is 42.5 Å². The second kappa shape index (κ2) is 9.03. The first kappa shape index (κ1) is 18.0. The van der Waals surface area contributed by atoms with Crippen LogP contribution < -0.4 is 11.1 Å². The van der Waals surface area contributed by atoms with Gasteiger partial charge in [-0.3, -0.25) is 19.5 Å². The van der Waals surface area contributed by atoms with Crippen LogP contribution in [0, 0.1) is 0 Å². The molecule has 0 aromatic rings. The molecule has 1 amide bonds. The smallest absolute Gasteiger partial charge is 0.344 e. The third-order valence-electron chi connectivity index (χ3n) is 2.16. The molecule has 0 spiro atoms. The van der Waals surface area contributed by atoms with Gasteiger partial charge >= 0.3 is 13.6 Å². The van der Waals surface area contributed by atoms with Gasteiger partial charge in [-0.05, 0) is 20.3 Å². The average molecular weight is 296 g/mol. The quantitative estimate of drug-likeness (QED) is 0.474. The molecule has 0 aromatic heterocycles. The second-order valence-electron chi connectivity index (χ2n) is 3.70. The molecule has 0 aliphatic carbocycles. The van der Waals surface area contributed by atoms with Gasteiger partial charge in [-0.15, -0.1) is 0 Å². The second-order valence-corrected chi connectivity index (χ2v) is 5.76. The number of carboxylic acids is 1. The third-order valence-corrected chi connectivity index (χ3v) is 4.03. The van der Waals surface area contributed by atoms with Gasteiger partial charge in [0.1, 0.15) is 6.04 Å². The fraction of sp³-hybridized carbons (Fsp3) is 0.800. The maximum Gasteiger partial charge on any atom is 0.344 e. The van der Waals surface area contributed by atoms with E-state index in [1.165, 1.54) is 0 Å². The summed E-state index contributed by atoms with van der Waals surface area (Å²) in [6, 6.07) is -1.03. The molecule has 0 radical (unpaired) electrons. The van der Waals surface area contributed by atoms with Crippen molar-refractivity contribution in [2.75, 3.05) is 19.5 Å². The van der Waals surface area contributed by atoms with Crippen LogP contribution in [0.5, 0.6) is 0 Å². The maximum absolute atomic E-state index is 12.1. The predicted molar refractivity (Wildman–Crippen MR) is 68.7 cm³/mol. The van der Waals surface area contributed by atoms with E-state index in [9.17, 15) is 14.2 Å². The average Bonchev–Trinajstić information content (AvgIpc) is 2.28. The van der Waals surface area contributed by atoms with Crippen LogP contribution in [0.4, 0.5) is 0 Å². The van der Waals surface area contributed by atoms with E-state index in [1.807, 2.05) is 0 Å². The van der Waals surface area contributed by atoms with E-state index in [1.54, 1.807) is 13.8 Å². The van der Waals surface area contributed by atoms with Crippen LogP contribution >= 0.6 is 7.60 Å². The van der Waals surface area contributed by atoms with E-state index < -0.39 is 25.5 Å². The van der Waals surface area contributed by atoms with E-state index >= 15 is 0 Å². The Kier molecular flexibility index (Phi) is 8.58. The number of aliphatic carboxylic acids is 1. The zero-order chi connectivity index (χ0) is 14.9. The van der Waals surface area contributed by atoms with Gasteiger partial charge in [0.2, 0.25) is 5.91 Å². The zero-order valence-electron chi connectivity index (χ0n) is 11.1. The normalized spacial score (nSPS) is 13.2. The Hall–Kier alpha value is -0.950. The number of hydrogen-bond donors (Lipinski definition) is 3. The first-order chi connectivity index (χ1) is 8.84. The molecule has 0 aliphatic rings. The van der Waals surface area contributed by atoms with Crippen molar-refractivity contribution in [2.24, 2.45) is 5.73 Å². The molecule has 19 heavy (non-hydrogen) atoms. The number of nitrogens with one attached hydrogen (secondary N) is 1. The number of hydrogen-bond acceptors (Lipinski definition) is 6. The monoisotopic (exact) mass is 296 g/mol. The van der Waals surface area contributed by atoms with Crippen LogP contribution in [0.2, 0.25) is 0 Å². The topological polar surface area (TPSA) is 128 Å². The summed E-state index contributed by atoms with van der Waals surface area (Å²) in [5.74, 6) is -1.74. The van der Waals surface area contributed by atoms with Gasteiger partial charge in [0, 0.05) is 6.42 Å². The minimum atomic E-state index is -3.35. The van der Waals surface area contributed by atoms with Gasteiger partial charge in [0.15, 0.2) is 0 Å². The molecule has 0 saturated carbocycles. The SMILES string of the molecule is CCOP(=O)(CN[C@@H](CCC(N)=O)C(=O)O)OCC. The number of carboxylic acid groups (broad SMARTS) is 1. The van der Waals surface area contributed by atoms with Gasteiger partial charge in [0.25, 0.3) is 0 Å². The van der Waals surface area contributed by atoms with Crippen molar-refractivity contribution in [3.8, 4) is 0 Å². The van der Waals surface area contributed by atoms with Crippen molar-refractivity contribution < 1.29 is 28.3 Å². The van der Waals surface area contributed by atoms with Gasteiger partial charge in [0.05, 0.1) is 19.5 Å². The molecule has 0 saturated heterocycles. The standard InChI is InChI=1S/C10H21N2O6P/c1-3-17-19(16,18-4-2)7-12-8(10(14)15)5-6-9(11)13/h8,12H,3-7H2,1-2H3,(H2,11,13)(H,14,15)/t8-/m0/s1. The van der Waals surface area contributed by atoms with Crippen LogP contribution in [0.25, 0.3) is 0 Å². The van der Waals surface area contributed by atoms with Gasteiger partial charge < -0.3 is 19.9 Å². The van der Waals surface area contributed by atoms with Crippen molar-refractivity contribution >= 4 is 19.5 Å². The van der Waals surface area contributed by atoms with E-state index in [0.717, 1.165) is 0 Å². The number of rotatable bonds is 11. The summed E-state index contributed by atoms with van der Waals surface area (Å²) in [5, 5.41) is 11.5. The molecule has 0 aliphatic heterocycles. The number of primary amides is 1. The van der Waals surface area contributed by atoms with Crippen molar-refractivity contribution in [2.45, 2.75) is 32.7 Å². The highest BCUT2D eigenvalue weighted by Crippen LogP contribution is 2.46. The lowest BCUT2D eigenvalue weighted by Gasteiger charge is -2.20. The van der Waals surface area contributed by atoms with Crippen LogP contribution in [0.15, 0.2) is 0 Å². The molecule has 9 heteroatoms. The van der Waals surface area contributed by atoms with Gasteiger partial charge in [-0.2, -0.15) is 0 Å². The maximum atomic E-state index is 12.1. The number of nitrogens with two attached hydrogens (primary N) is 1. The van der Waals surface area contributed by atoms with Crippen molar-refractivity contribution in [1.29, 1.82) is 0 Å². The molecule has 0 aromatic carbocycles. The number of amides is 1. The summed E-state index contributed by atoms with van der Waals surface area (Å²) in [7, 11) is -3.35. The molecule has 0 fully saturated rings. The van der Waals surface area contributed by atoms with Crippen LogP contribution in [0.1, 0.15) is 26.7 Å². The highest BCUT2D eigenvalue weighted by molar-refractivity contribution is 7.53. The molecule has 0 heterocycles. The highest BCUT2D eigenvalue weighted by Gasteiger charge is 2.27. The first-order valence-corrected chi connectivity index (χ1v) is 7.70. The Balaban J connectivity index is 4.46. The summed E-state index contributed by atoms with van der Waals surface area (Å²) in [4.78, 5) is 21.6. The number of carbonyl (C=O) groups excluding carboxylic acids is 1. The molecule has 112 valence electrons. The molecule has 0 bridgehead atoms. The van der Waals surface area contributed by atoms with Gasteiger partial charge in [-0.1, -0.05) is 0 Å². The summed E-state index contributed by atoms with van der Waals surface area (Å²) in [6.07, 6.45) is -0.287. The lowest BCUT2D eigenvalue weighted by atomic mass is 10.1. The summed E-state index contributed by atoms with van der Waals surface area (Å²) in [6.45, 7) is 3.71. The van der Waals surface area contributed by atoms with Gasteiger partial charge in [-0.25, -0.2) is 0 Å². The Morgan fingerprint density at radius 2 is 1.84 bits per heavy atom. The zero-order valence-corrected chi connectivity index (χ0v) is 12.0. The summed E-state index contributed by atoms with van der Waals surface area (Å²) in [5.41, 5.74) is 4.95. The van der Waals surface area contributed by atoms with E-state index in [4.69, 9.17) is 19.9 Å². The fourth-order valence-electron chi connectivity index (χ4n) is 1.34. The van der Waals surface area contributed by atoms with E-state index in [2.05, 4.69) is 5.32 Å². The van der Waals surface area contributed by atoms with E-state index in [0.29, 0.717) is 0 Å². The fourth-order valence-corrected chi connectivity index (χ4v) is 2.83. The molecule has 0 unspecified atom stereocenters. The molecular formula is C10H21N2O6P.